The molecule has 0 aliphatic heterocycles. The zero-order chi connectivity index (χ0) is 40.5. The lowest BCUT2D eigenvalue weighted by Gasteiger charge is -2.18. The van der Waals surface area contributed by atoms with Gasteiger partial charge in [-0.05, 0) is 66.7 Å². The molecule has 0 fully saturated rings. The summed E-state index contributed by atoms with van der Waals surface area (Å²) in [5.74, 6) is 0. The third-order valence-corrected chi connectivity index (χ3v) is 7.87. The third-order valence-electron chi connectivity index (χ3n) is 7.87. The van der Waals surface area contributed by atoms with Crippen LogP contribution in [-0.2, 0) is 0 Å². The van der Waals surface area contributed by atoms with Gasteiger partial charge in [0.05, 0.1) is 19.2 Å². The molecule has 1 nitrogen and oxygen atoms in total. The summed E-state index contributed by atoms with van der Waals surface area (Å²) in [6, 6.07) is 15.5. The maximum atomic E-state index is 9.26. The Morgan fingerprint density at radius 3 is 1.79 bits per heavy atom. The van der Waals surface area contributed by atoms with E-state index in [0.717, 1.165) is 5.56 Å². The summed E-state index contributed by atoms with van der Waals surface area (Å²) in [5.41, 5.74) is 2.28. The molecule has 0 N–H and O–H groups in total. The summed E-state index contributed by atoms with van der Waals surface area (Å²) in [6.07, 6.45) is 0. The maximum Gasteiger partial charge on any atom is 0.143 e. The van der Waals surface area contributed by atoms with Gasteiger partial charge in [-0.1, -0.05) is 145 Å². The molecule has 0 unspecified atom stereocenters. The average molecular weight is 561 g/mol. The summed E-state index contributed by atoms with van der Waals surface area (Å²) >= 11 is 0. The zero-order valence-electron chi connectivity index (χ0n) is 36.3. The van der Waals surface area contributed by atoms with Crippen LogP contribution in [0.25, 0.3) is 87.6 Å². The topological polar surface area (TPSA) is 13.1 Å². The van der Waals surface area contributed by atoms with Crippen LogP contribution in [0.2, 0.25) is 0 Å². The molecular formula is C42H26O. The van der Waals surface area contributed by atoms with Crippen molar-refractivity contribution < 1.29 is 23.6 Å². The summed E-state index contributed by atoms with van der Waals surface area (Å²) < 4.78 is 127. The maximum absolute atomic E-state index is 9.26. The fraction of sp³-hybridized carbons (Fsp3) is 0. The SMILES string of the molecule is [2H]c1c([2H])c([2H])c2c(oc3c(-c4c5ccccc5c(-c5cccc(-c6c([2H])c([2H])c([2H])c7c([2H])c([2H])c([2H])c([2H])c67)c5)c5ccccc45)c([2H])c([2H])c([2H])c32)c1[2H]. The molecular weight excluding hydrogens is 520 g/mol. The third kappa shape index (κ3) is 3.65. The minimum Gasteiger partial charge on any atom is -0.455 e. The lowest BCUT2D eigenvalue weighted by atomic mass is 9.85. The van der Waals surface area contributed by atoms with Gasteiger partial charge in [0.1, 0.15) is 11.2 Å². The number of fused-ring (bicyclic) bond motifs is 6. The summed E-state index contributed by atoms with van der Waals surface area (Å²) in [5, 5.41) is 2.41. The number of furan rings is 1. The van der Waals surface area contributed by atoms with Gasteiger partial charge in [0.25, 0.3) is 0 Å². The van der Waals surface area contributed by atoms with E-state index in [2.05, 4.69) is 0 Å². The highest BCUT2D eigenvalue weighted by atomic mass is 16.3. The predicted octanol–water partition coefficient (Wildman–Crippen LogP) is 12.0. The second-order valence-corrected chi connectivity index (χ2v) is 10.2. The molecule has 1 heteroatoms. The van der Waals surface area contributed by atoms with Crippen LogP contribution in [0.15, 0.2) is 162 Å². The number of benzene rings is 8. The molecule has 0 aliphatic carbocycles. The van der Waals surface area contributed by atoms with Crippen molar-refractivity contribution in [3.8, 4) is 33.4 Å². The average Bonchev–Trinajstić information content (AvgIpc) is 3.62. The van der Waals surface area contributed by atoms with Crippen molar-refractivity contribution in [1.29, 1.82) is 0 Å². The predicted molar refractivity (Wildman–Crippen MR) is 183 cm³/mol. The monoisotopic (exact) mass is 560 g/mol. The van der Waals surface area contributed by atoms with Crippen molar-refractivity contribution >= 4 is 54.3 Å². The smallest absolute Gasteiger partial charge is 0.143 e. The van der Waals surface area contributed by atoms with Crippen molar-refractivity contribution in [2.45, 2.75) is 0 Å². The number of hydrogen-bond acceptors (Lipinski definition) is 1. The Kier molecular flexibility index (Phi) is 3.07. The molecule has 0 spiro atoms. The molecule has 0 saturated carbocycles. The minimum absolute atomic E-state index is 0.00167. The van der Waals surface area contributed by atoms with Gasteiger partial charge in [-0.2, -0.15) is 0 Å². The molecule has 0 amide bonds. The van der Waals surface area contributed by atoms with Crippen LogP contribution in [0.5, 0.6) is 0 Å². The van der Waals surface area contributed by atoms with Crippen LogP contribution in [0.4, 0.5) is 0 Å². The molecule has 9 rings (SSSR count). The van der Waals surface area contributed by atoms with Gasteiger partial charge in [0.15, 0.2) is 0 Å². The molecule has 0 atom stereocenters. The minimum atomic E-state index is -0.538. The van der Waals surface area contributed by atoms with Crippen LogP contribution in [-0.4, -0.2) is 0 Å². The summed E-state index contributed by atoms with van der Waals surface area (Å²) in [6.45, 7) is 0. The fourth-order valence-corrected chi connectivity index (χ4v) is 6.07. The summed E-state index contributed by atoms with van der Waals surface area (Å²) in [4.78, 5) is 0. The molecule has 9 aromatic rings. The van der Waals surface area contributed by atoms with Crippen LogP contribution in [0.3, 0.4) is 0 Å². The van der Waals surface area contributed by atoms with Gasteiger partial charge in [-0.15, -0.1) is 0 Å². The molecule has 0 aliphatic rings. The van der Waals surface area contributed by atoms with E-state index >= 15 is 0 Å². The normalized spacial score (nSPS) is 16.3. The number of rotatable bonds is 3. The highest BCUT2D eigenvalue weighted by Crippen LogP contribution is 2.46. The Hall–Kier alpha value is -5.66. The van der Waals surface area contributed by atoms with Crippen LogP contribution in [0.1, 0.15) is 19.2 Å². The van der Waals surface area contributed by atoms with E-state index in [1.165, 1.54) is 0 Å². The highest BCUT2D eigenvalue weighted by Gasteiger charge is 2.20. The number of hydrogen-bond donors (Lipinski definition) is 0. The lowest BCUT2D eigenvalue weighted by molar-refractivity contribution is 0.670. The van der Waals surface area contributed by atoms with Gasteiger partial charge in [-0.3, -0.25) is 0 Å². The molecule has 8 aromatic carbocycles. The Balaban J connectivity index is 1.40. The van der Waals surface area contributed by atoms with Gasteiger partial charge < -0.3 is 4.42 Å². The Bertz CT molecular complexity index is 3230. The molecule has 1 heterocycles. The van der Waals surface area contributed by atoms with E-state index in [9.17, 15) is 1.37 Å². The van der Waals surface area contributed by atoms with E-state index < -0.39 is 72.5 Å². The Morgan fingerprint density at radius 2 is 1.00 bits per heavy atom. The van der Waals surface area contributed by atoms with Crippen LogP contribution in [0, 0.1) is 0 Å². The second kappa shape index (κ2) is 9.44. The molecule has 0 saturated heterocycles. The molecule has 200 valence electrons. The van der Waals surface area contributed by atoms with Gasteiger partial charge in [-0.25, -0.2) is 0 Å². The van der Waals surface area contributed by atoms with Crippen LogP contribution < -0.4 is 0 Å². The molecule has 43 heavy (non-hydrogen) atoms. The largest absolute Gasteiger partial charge is 0.455 e. The van der Waals surface area contributed by atoms with Gasteiger partial charge >= 0.3 is 0 Å². The highest BCUT2D eigenvalue weighted by molar-refractivity contribution is 6.24. The second-order valence-electron chi connectivity index (χ2n) is 10.2. The Morgan fingerprint density at radius 1 is 0.419 bits per heavy atom. The standard InChI is InChI=1S/C42H26O/c1-2-16-30-27(12-1)13-10-22-31(30)28-14-9-15-29(26-28)40-33-18-3-5-20-35(33)41(36-21-6-4-19-34(36)40)38-24-11-23-37-32-17-7-8-25-39(32)43-42(37)38/h1-26H/i1D,2D,7D,8D,10D,11D,12D,13D,16D,17D,22D,23D,24D,25D. The molecule has 0 radical (unpaired) electrons. The van der Waals surface area contributed by atoms with Crippen molar-refractivity contribution in [2.24, 2.45) is 0 Å². The first-order chi connectivity index (χ1) is 27.2. The van der Waals surface area contributed by atoms with E-state index in [4.69, 9.17) is 22.2 Å². The van der Waals surface area contributed by atoms with E-state index in [0.29, 0.717) is 38.2 Å². The van der Waals surface area contributed by atoms with Crippen molar-refractivity contribution in [2.75, 3.05) is 0 Å². The first-order valence-corrected chi connectivity index (χ1v) is 13.6. The summed E-state index contributed by atoms with van der Waals surface area (Å²) in [7, 11) is 0. The first-order valence-electron chi connectivity index (χ1n) is 20.6. The van der Waals surface area contributed by atoms with Gasteiger partial charge in [0.2, 0.25) is 0 Å². The van der Waals surface area contributed by atoms with Crippen molar-refractivity contribution in [3.63, 3.8) is 0 Å². The van der Waals surface area contributed by atoms with E-state index in [-0.39, 0.29) is 55.9 Å². The Labute approximate surface area is 268 Å². The lowest BCUT2D eigenvalue weighted by Crippen LogP contribution is -1.91. The number of para-hydroxylation sites is 2. The molecule has 0 bridgehead atoms. The first kappa shape index (κ1) is 14.0. The fourth-order valence-electron chi connectivity index (χ4n) is 6.07. The van der Waals surface area contributed by atoms with E-state index in [1.807, 2.05) is 54.6 Å². The molecule has 1 aromatic heterocycles. The quantitative estimate of drug-likeness (QED) is 0.196. The van der Waals surface area contributed by atoms with Crippen LogP contribution >= 0.6 is 0 Å². The van der Waals surface area contributed by atoms with Gasteiger partial charge in [0, 0.05) is 21.9 Å². The zero-order valence-corrected chi connectivity index (χ0v) is 22.3. The van der Waals surface area contributed by atoms with Crippen molar-refractivity contribution in [3.05, 3.63) is 157 Å². The van der Waals surface area contributed by atoms with E-state index in [1.54, 1.807) is 18.2 Å². The van der Waals surface area contributed by atoms with Crippen molar-refractivity contribution in [1.82, 2.24) is 0 Å².